The Bertz CT molecular complexity index is 920. The van der Waals surface area contributed by atoms with E-state index in [1.54, 1.807) is 16.4 Å². The minimum absolute atomic E-state index is 0.274. The van der Waals surface area contributed by atoms with E-state index < -0.39 is 10.0 Å². The molecule has 1 saturated heterocycles. The van der Waals surface area contributed by atoms with Gasteiger partial charge >= 0.3 is 0 Å². The van der Waals surface area contributed by atoms with Gasteiger partial charge in [0.2, 0.25) is 10.0 Å². The van der Waals surface area contributed by atoms with Gasteiger partial charge in [0.25, 0.3) is 0 Å². The van der Waals surface area contributed by atoms with Crippen LogP contribution < -0.4 is 0 Å². The zero-order valence-corrected chi connectivity index (χ0v) is 16.1. The molecule has 1 aromatic carbocycles. The molecule has 7 heteroatoms. The Balaban J connectivity index is 1.41. The molecular weight excluding hydrogens is 366 g/mol. The van der Waals surface area contributed by atoms with E-state index in [1.165, 1.54) is 22.6 Å². The quantitative estimate of drug-likeness (QED) is 0.812. The molecule has 0 atom stereocenters. The summed E-state index contributed by atoms with van der Waals surface area (Å²) in [6.45, 7) is 3.17. The zero-order chi connectivity index (χ0) is 18.1. The maximum absolute atomic E-state index is 12.8. The van der Waals surface area contributed by atoms with Gasteiger partial charge in [0.1, 0.15) is 0 Å². The number of benzene rings is 1. The van der Waals surface area contributed by atoms with Crippen LogP contribution >= 0.6 is 11.3 Å². The fourth-order valence-electron chi connectivity index (χ4n) is 3.88. The Morgan fingerprint density at radius 1 is 1.08 bits per heavy atom. The number of sulfonamides is 1. The molecule has 0 amide bonds. The van der Waals surface area contributed by atoms with Gasteiger partial charge in [0.15, 0.2) is 0 Å². The molecule has 0 saturated carbocycles. The van der Waals surface area contributed by atoms with Gasteiger partial charge in [-0.3, -0.25) is 4.90 Å². The smallest absolute Gasteiger partial charge is 0.243 e. The Morgan fingerprint density at radius 3 is 2.50 bits per heavy atom. The first kappa shape index (κ1) is 17.7. The highest BCUT2D eigenvalue weighted by Crippen LogP contribution is 2.29. The molecule has 0 unspecified atom stereocenters. The van der Waals surface area contributed by atoms with Crippen LogP contribution in [0.15, 0.2) is 40.6 Å². The van der Waals surface area contributed by atoms with Crippen molar-refractivity contribution in [3.8, 4) is 6.07 Å². The molecule has 0 radical (unpaired) electrons. The minimum Gasteiger partial charge on any atom is -0.296 e. The van der Waals surface area contributed by atoms with E-state index >= 15 is 0 Å². The third kappa shape index (κ3) is 3.30. The highest BCUT2D eigenvalue weighted by molar-refractivity contribution is 7.89. The van der Waals surface area contributed by atoms with Crippen molar-refractivity contribution in [3.63, 3.8) is 0 Å². The molecule has 136 valence electrons. The van der Waals surface area contributed by atoms with Crippen molar-refractivity contribution in [2.45, 2.75) is 36.7 Å². The SMILES string of the molecule is N#Cc1ccc(S(=O)(=O)N2CCC(N3CCc4sccc4C3)CC2)cc1. The highest BCUT2D eigenvalue weighted by atomic mass is 32.2. The summed E-state index contributed by atoms with van der Waals surface area (Å²) in [7, 11) is -3.47. The predicted octanol–water partition coefficient (Wildman–Crippen LogP) is 2.83. The van der Waals surface area contributed by atoms with Crippen LogP contribution in [0.2, 0.25) is 0 Å². The second-order valence-electron chi connectivity index (χ2n) is 6.86. The molecule has 0 bridgehead atoms. The van der Waals surface area contributed by atoms with Crippen LogP contribution in [-0.4, -0.2) is 43.3 Å². The van der Waals surface area contributed by atoms with E-state index in [-0.39, 0.29) is 4.90 Å². The van der Waals surface area contributed by atoms with E-state index in [0.717, 1.165) is 32.4 Å². The van der Waals surface area contributed by atoms with Gasteiger partial charge in [-0.15, -0.1) is 11.3 Å². The summed E-state index contributed by atoms with van der Waals surface area (Å²) in [4.78, 5) is 4.29. The Kier molecular flexibility index (Phi) is 4.84. The number of fused-ring (bicyclic) bond motifs is 1. The lowest BCUT2D eigenvalue weighted by Crippen LogP contribution is -2.47. The first-order valence-corrected chi connectivity index (χ1v) is 11.2. The second-order valence-corrected chi connectivity index (χ2v) is 9.80. The first-order chi connectivity index (χ1) is 12.6. The predicted molar refractivity (Wildman–Crippen MR) is 101 cm³/mol. The summed E-state index contributed by atoms with van der Waals surface area (Å²) in [6.07, 6.45) is 2.85. The van der Waals surface area contributed by atoms with Gasteiger partial charge in [0, 0.05) is 37.1 Å². The number of thiophene rings is 1. The molecule has 3 heterocycles. The number of nitrogens with zero attached hydrogens (tertiary/aromatic N) is 3. The number of piperidine rings is 1. The minimum atomic E-state index is -3.47. The maximum atomic E-state index is 12.8. The normalized spacial score (nSPS) is 19.8. The summed E-state index contributed by atoms with van der Waals surface area (Å²) >= 11 is 1.84. The molecule has 4 rings (SSSR count). The average Bonchev–Trinajstić information content (AvgIpc) is 3.16. The third-order valence-electron chi connectivity index (χ3n) is 5.40. The summed E-state index contributed by atoms with van der Waals surface area (Å²) in [5.41, 5.74) is 1.91. The van der Waals surface area contributed by atoms with E-state index in [0.29, 0.717) is 24.7 Å². The summed E-state index contributed by atoms with van der Waals surface area (Å²) in [5, 5.41) is 11.0. The summed E-state index contributed by atoms with van der Waals surface area (Å²) in [6, 6.07) is 10.9. The van der Waals surface area contributed by atoms with Gasteiger partial charge < -0.3 is 0 Å². The van der Waals surface area contributed by atoms with E-state index in [1.807, 2.05) is 17.4 Å². The number of nitriles is 1. The molecule has 2 aliphatic heterocycles. The van der Waals surface area contributed by atoms with Crippen LogP contribution in [0.3, 0.4) is 0 Å². The van der Waals surface area contributed by atoms with Crippen molar-refractivity contribution in [2.75, 3.05) is 19.6 Å². The molecule has 5 nitrogen and oxygen atoms in total. The van der Waals surface area contributed by atoms with Gasteiger partial charge in [-0.1, -0.05) is 0 Å². The average molecular weight is 388 g/mol. The van der Waals surface area contributed by atoms with Crippen molar-refractivity contribution in [1.29, 1.82) is 5.26 Å². The van der Waals surface area contributed by atoms with Crippen molar-refractivity contribution in [1.82, 2.24) is 9.21 Å². The van der Waals surface area contributed by atoms with E-state index in [2.05, 4.69) is 16.3 Å². The Hall–Kier alpha value is -1.72. The third-order valence-corrected chi connectivity index (χ3v) is 8.33. The van der Waals surface area contributed by atoms with Crippen LogP contribution in [0.5, 0.6) is 0 Å². The lowest BCUT2D eigenvalue weighted by Gasteiger charge is -2.39. The van der Waals surface area contributed by atoms with Crippen molar-refractivity contribution < 1.29 is 8.42 Å². The Labute approximate surface area is 158 Å². The monoisotopic (exact) mass is 387 g/mol. The fourth-order valence-corrected chi connectivity index (χ4v) is 6.24. The second kappa shape index (κ2) is 7.12. The van der Waals surface area contributed by atoms with Gasteiger partial charge in [0.05, 0.1) is 16.5 Å². The molecule has 1 aromatic heterocycles. The van der Waals surface area contributed by atoms with Crippen LogP contribution in [0.25, 0.3) is 0 Å². The molecular formula is C19H21N3O2S2. The van der Waals surface area contributed by atoms with E-state index in [4.69, 9.17) is 5.26 Å². The first-order valence-electron chi connectivity index (χ1n) is 8.87. The molecule has 1 fully saturated rings. The van der Waals surface area contributed by atoms with E-state index in [9.17, 15) is 8.42 Å². The topological polar surface area (TPSA) is 64.4 Å². The Morgan fingerprint density at radius 2 is 1.81 bits per heavy atom. The van der Waals surface area contributed by atoms with Crippen molar-refractivity contribution in [3.05, 3.63) is 51.7 Å². The number of rotatable bonds is 3. The molecule has 26 heavy (non-hydrogen) atoms. The molecule has 0 spiro atoms. The van der Waals surface area contributed by atoms with Gasteiger partial charge in [-0.2, -0.15) is 9.57 Å². The zero-order valence-electron chi connectivity index (χ0n) is 14.5. The molecule has 0 N–H and O–H groups in total. The molecule has 0 aliphatic carbocycles. The molecule has 2 aromatic rings. The lowest BCUT2D eigenvalue weighted by molar-refractivity contribution is 0.127. The molecule has 2 aliphatic rings. The van der Waals surface area contributed by atoms with Crippen molar-refractivity contribution in [2.24, 2.45) is 0 Å². The highest BCUT2D eigenvalue weighted by Gasteiger charge is 2.32. The van der Waals surface area contributed by atoms with Crippen LogP contribution in [0.1, 0.15) is 28.8 Å². The maximum Gasteiger partial charge on any atom is 0.243 e. The van der Waals surface area contributed by atoms with Crippen molar-refractivity contribution >= 4 is 21.4 Å². The van der Waals surface area contributed by atoms with Crippen LogP contribution in [0, 0.1) is 11.3 Å². The lowest BCUT2D eigenvalue weighted by atomic mass is 10.0. The standard InChI is InChI=1S/C19H21N3O2S2/c20-13-15-1-3-18(4-2-15)26(23,24)22-10-5-17(6-11-22)21-9-7-19-16(14-21)8-12-25-19/h1-4,8,12,17H,5-7,9-11,14H2. The largest absolute Gasteiger partial charge is 0.296 e. The summed E-state index contributed by atoms with van der Waals surface area (Å²) in [5.74, 6) is 0. The van der Waals surface area contributed by atoms with Crippen LogP contribution in [-0.2, 0) is 23.0 Å². The number of hydrogen-bond donors (Lipinski definition) is 0. The van der Waals surface area contributed by atoms with Gasteiger partial charge in [-0.25, -0.2) is 8.42 Å². The fraction of sp³-hybridized carbons (Fsp3) is 0.421. The van der Waals surface area contributed by atoms with Gasteiger partial charge in [-0.05, 0) is 60.5 Å². The summed E-state index contributed by atoms with van der Waals surface area (Å²) < 4.78 is 27.2. The number of hydrogen-bond acceptors (Lipinski definition) is 5. The van der Waals surface area contributed by atoms with Crippen LogP contribution in [0.4, 0.5) is 0 Å².